The summed E-state index contributed by atoms with van der Waals surface area (Å²) in [6.45, 7) is 6.03. The number of para-hydroxylation sites is 2. The van der Waals surface area contributed by atoms with Gasteiger partial charge in [0.25, 0.3) is 5.91 Å². The summed E-state index contributed by atoms with van der Waals surface area (Å²) in [6, 6.07) is 15.4. The van der Waals surface area contributed by atoms with E-state index in [1.165, 1.54) is 18.0 Å². The van der Waals surface area contributed by atoms with Crippen LogP contribution in [0.15, 0.2) is 60.9 Å². The minimum Gasteiger partial charge on any atom is -0.489 e. The first-order valence-corrected chi connectivity index (χ1v) is 9.30. The topological polar surface area (TPSA) is 76.1 Å². The van der Waals surface area contributed by atoms with Crippen molar-refractivity contribution >= 4 is 23.1 Å². The van der Waals surface area contributed by atoms with Crippen LogP contribution < -0.4 is 15.4 Å². The van der Waals surface area contributed by atoms with Gasteiger partial charge in [0.1, 0.15) is 17.3 Å². The highest BCUT2D eigenvalue weighted by Crippen LogP contribution is 2.27. The number of rotatable bonds is 7. The molecule has 144 valence electrons. The summed E-state index contributed by atoms with van der Waals surface area (Å²) in [4.78, 5) is 20.9. The Bertz CT molecular complexity index is 922. The molecule has 0 unspecified atom stereocenters. The maximum Gasteiger partial charge on any atom is 0.275 e. The fraction of sp³-hybridized carbons (Fsp3) is 0.227. The quantitative estimate of drug-likeness (QED) is 0.618. The summed E-state index contributed by atoms with van der Waals surface area (Å²) >= 11 is 0. The van der Waals surface area contributed by atoms with Crippen LogP contribution in [0.25, 0.3) is 0 Å². The summed E-state index contributed by atoms with van der Waals surface area (Å²) < 4.78 is 5.79. The highest BCUT2D eigenvalue weighted by Gasteiger charge is 2.10. The van der Waals surface area contributed by atoms with Gasteiger partial charge in [-0.15, -0.1) is 0 Å². The number of amides is 1. The zero-order chi connectivity index (χ0) is 19.9. The van der Waals surface area contributed by atoms with Crippen molar-refractivity contribution in [2.75, 3.05) is 10.6 Å². The van der Waals surface area contributed by atoms with Gasteiger partial charge in [0.15, 0.2) is 0 Å². The van der Waals surface area contributed by atoms with Gasteiger partial charge in [0, 0.05) is 5.69 Å². The van der Waals surface area contributed by atoms with E-state index in [2.05, 4.69) is 27.5 Å². The van der Waals surface area contributed by atoms with Crippen LogP contribution in [0, 0.1) is 0 Å². The van der Waals surface area contributed by atoms with Gasteiger partial charge in [-0.2, -0.15) is 0 Å². The SMILES string of the molecule is CCc1ccc(NC(=O)c2cnc(Nc3ccccc3OC(C)C)cn2)cc1. The molecule has 0 spiro atoms. The van der Waals surface area contributed by atoms with Crippen molar-refractivity contribution in [2.24, 2.45) is 0 Å². The van der Waals surface area contributed by atoms with E-state index in [0.29, 0.717) is 5.82 Å². The molecule has 0 aliphatic rings. The molecule has 0 aliphatic heterocycles. The van der Waals surface area contributed by atoms with Crippen LogP contribution in [0.1, 0.15) is 36.8 Å². The van der Waals surface area contributed by atoms with E-state index in [0.717, 1.165) is 23.5 Å². The van der Waals surface area contributed by atoms with Crippen LogP contribution in [0.2, 0.25) is 0 Å². The Morgan fingerprint density at radius 2 is 1.79 bits per heavy atom. The monoisotopic (exact) mass is 376 g/mol. The highest BCUT2D eigenvalue weighted by atomic mass is 16.5. The normalized spacial score (nSPS) is 10.6. The molecule has 0 atom stereocenters. The van der Waals surface area contributed by atoms with E-state index in [-0.39, 0.29) is 17.7 Å². The molecule has 0 saturated heterocycles. The number of aryl methyl sites for hydroxylation is 1. The highest BCUT2D eigenvalue weighted by molar-refractivity contribution is 6.02. The van der Waals surface area contributed by atoms with Crippen molar-refractivity contribution in [1.29, 1.82) is 0 Å². The number of aromatic nitrogens is 2. The maximum atomic E-state index is 12.4. The van der Waals surface area contributed by atoms with Crippen molar-refractivity contribution in [1.82, 2.24) is 9.97 Å². The van der Waals surface area contributed by atoms with Crippen molar-refractivity contribution in [2.45, 2.75) is 33.3 Å². The third kappa shape index (κ3) is 5.07. The number of carbonyl (C=O) groups excluding carboxylic acids is 1. The lowest BCUT2D eigenvalue weighted by Crippen LogP contribution is -2.14. The third-order valence-electron chi connectivity index (χ3n) is 4.02. The zero-order valence-corrected chi connectivity index (χ0v) is 16.3. The molecule has 0 radical (unpaired) electrons. The molecule has 6 nitrogen and oxygen atoms in total. The van der Waals surface area contributed by atoms with Crippen LogP contribution in [-0.4, -0.2) is 22.0 Å². The smallest absolute Gasteiger partial charge is 0.275 e. The van der Waals surface area contributed by atoms with Crippen LogP contribution >= 0.6 is 0 Å². The van der Waals surface area contributed by atoms with Crippen molar-refractivity contribution in [3.63, 3.8) is 0 Å². The molecule has 0 aliphatic carbocycles. The lowest BCUT2D eigenvalue weighted by atomic mass is 10.1. The number of nitrogens with zero attached hydrogens (tertiary/aromatic N) is 2. The summed E-state index contributed by atoms with van der Waals surface area (Å²) in [5.41, 5.74) is 2.98. The maximum absolute atomic E-state index is 12.4. The van der Waals surface area contributed by atoms with E-state index >= 15 is 0 Å². The van der Waals surface area contributed by atoms with E-state index in [1.807, 2.05) is 62.4 Å². The lowest BCUT2D eigenvalue weighted by molar-refractivity contribution is 0.102. The van der Waals surface area contributed by atoms with E-state index < -0.39 is 0 Å². The van der Waals surface area contributed by atoms with E-state index in [4.69, 9.17) is 4.74 Å². The number of hydrogen-bond donors (Lipinski definition) is 2. The van der Waals surface area contributed by atoms with Gasteiger partial charge in [0.05, 0.1) is 24.2 Å². The first-order valence-electron chi connectivity index (χ1n) is 9.30. The molecule has 0 saturated carbocycles. The number of benzene rings is 2. The van der Waals surface area contributed by atoms with Crippen molar-refractivity contribution in [3.05, 3.63) is 72.2 Å². The average molecular weight is 376 g/mol. The fourth-order valence-corrected chi connectivity index (χ4v) is 2.59. The predicted octanol–water partition coefficient (Wildman–Crippen LogP) is 4.82. The summed E-state index contributed by atoms with van der Waals surface area (Å²) in [7, 11) is 0. The Hall–Kier alpha value is -3.41. The van der Waals surface area contributed by atoms with Gasteiger partial charge in [-0.3, -0.25) is 4.79 Å². The molecule has 28 heavy (non-hydrogen) atoms. The number of carbonyl (C=O) groups is 1. The number of nitrogens with one attached hydrogen (secondary N) is 2. The van der Waals surface area contributed by atoms with Gasteiger partial charge in [0.2, 0.25) is 0 Å². The minimum absolute atomic E-state index is 0.0616. The molecule has 2 aromatic carbocycles. The van der Waals surface area contributed by atoms with Crippen LogP contribution in [0.5, 0.6) is 5.75 Å². The minimum atomic E-state index is -0.299. The molecular formula is C22H24N4O2. The number of anilines is 3. The third-order valence-corrected chi connectivity index (χ3v) is 4.02. The van der Waals surface area contributed by atoms with Crippen LogP contribution in [-0.2, 0) is 6.42 Å². The van der Waals surface area contributed by atoms with Crippen LogP contribution in [0.4, 0.5) is 17.2 Å². The molecule has 3 rings (SSSR count). The molecule has 3 aromatic rings. The van der Waals surface area contributed by atoms with Crippen molar-refractivity contribution in [3.8, 4) is 5.75 Å². The standard InChI is InChI=1S/C22H24N4O2/c1-4-16-9-11-17(12-10-16)25-22(27)19-13-24-21(14-23-19)26-18-7-5-6-8-20(18)28-15(2)3/h5-15H,4H2,1-3H3,(H,24,26)(H,25,27). The van der Waals surface area contributed by atoms with E-state index in [9.17, 15) is 4.79 Å². The molecule has 0 bridgehead atoms. The van der Waals surface area contributed by atoms with Crippen LogP contribution in [0.3, 0.4) is 0 Å². The Labute approximate surface area is 165 Å². The van der Waals surface area contributed by atoms with Gasteiger partial charge < -0.3 is 15.4 Å². The first kappa shape index (κ1) is 19.4. The first-order chi connectivity index (χ1) is 13.5. The Morgan fingerprint density at radius 1 is 1.04 bits per heavy atom. The van der Waals surface area contributed by atoms with Gasteiger partial charge in [-0.25, -0.2) is 9.97 Å². The van der Waals surface area contributed by atoms with Gasteiger partial charge in [-0.05, 0) is 50.1 Å². The Morgan fingerprint density at radius 3 is 2.43 bits per heavy atom. The lowest BCUT2D eigenvalue weighted by Gasteiger charge is -2.15. The zero-order valence-electron chi connectivity index (χ0n) is 16.3. The van der Waals surface area contributed by atoms with Gasteiger partial charge in [-0.1, -0.05) is 31.2 Å². The summed E-state index contributed by atoms with van der Waals surface area (Å²) in [5, 5.41) is 6.00. The summed E-state index contributed by atoms with van der Waals surface area (Å²) in [5.74, 6) is 0.965. The molecule has 6 heteroatoms. The fourth-order valence-electron chi connectivity index (χ4n) is 2.59. The average Bonchev–Trinajstić information content (AvgIpc) is 2.70. The molecule has 0 fully saturated rings. The van der Waals surface area contributed by atoms with Gasteiger partial charge >= 0.3 is 0 Å². The molecule has 1 amide bonds. The Kier molecular flexibility index (Phi) is 6.22. The number of hydrogen-bond acceptors (Lipinski definition) is 5. The van der Waals surface area contributed by atoms with E-state index in [1.54, 1.807) is 0 Å². The Balaban J connectivity index is 1.67. The second kappa shape index (κ2) is 8.99. The largest absolute Gasteiger partial charge is 0.489 e. The molecule has 2 N–H and O–H groups in total. The molecule has 1 aromatic heterocycles. The molecular weight excluding hydrogens is 352 g/mol. The molecule has 1 heterocycles. The second-order valence-corrected chi connectivity index (χ2v) is 6.58. The predicted molar refractivity (Wildman–Crippen MR) is 111 cm³/mol. The van der Waals surface area contributed by atoms with Crippen molar-refractivity contribution < 1.29 is 9.53 Å². The number of ether oxygens (including phenoxy) is 1. The summed E-state index contributed by atoms with van der Waals surface area (Å²) in [6.07, 6.45) is 4.00. The second-order valence-electron chi connectivity index (χ2n) is 6.58.